The first-order valence-corrected chi connectivity index (χ1v) is 15.3. The minimum atomic E-state index is -1.34. The molecule has 0 heterocycles. The summed E-state index contributed by atoms with van der Waals surface area (Å²) in [4.78, 5) is 51.2. The van der Waals surface area contributed by atoms with E-state index in [4.69, 9.17) is 5.11 Å². The van der Waals surface area contributed by atoms with E-state index in [2.05, 4.69) is 4.74 Å². The van der Waals surface area contributed by atoms with Crippen LogP contribution in [0.3, 0.4) is 0 Å². The largest absolute Gasteiger partial charge is 0.478 e. The van der Waals surface area contributed by atoms with E-state index in [1.165, 1.54) is 47.2 Å². The van der Waals surface area contributed by atoms with Gasteiger partial charge in [0.1, 0.15) is 0 Å². The van der Waals surface area contributed by atoms with Crippen molar-refractivity contribution >= 4 is 35.1 Å². The van der Waals surface area contributed by atoms with Crippen LogP contribution in [0, 0.1) is 23.5 Å². The Hall–Kier alpha value is -5.38. The first-order chi connectivity index (χ1) is 22.7. The number of anilines is 2. The fourth-order valence-corrected chi connectivity index (χ4v) is 5.06. The summed E-state index contributed by atoms with van der Waals surface area (Å²) in [6.45, 7) is 0.836. The molecule has 4 aromatic rings. The molecule has 6 rings (SSSR count). The number of carboxylic acid groups (broad SMARTS) is 1. The Morgan fingerprint density at radius 1 is 0.638 bits per heavy atom. The number of hydrogen-bond acceptors (Lipinski definition) is 5. The zero-order chi connectivity index (χ0) is 33.5. The van der Waals surface area contributed by atoms with E-state index in [9.17, 15) is 28.0 Å². The smallest absolute Gasteiger partial charge is 0.340 e. The third-order valence-corrected chi connectivity index (χ3v) is 7.98. The number of rotatable bonds is 10. The SMILES string of the molecule is COC(=O)c1cccc(N(CC2CC2)C(=O)c2ccccc2)c1F.O=C(O)c1cccc(N(CC2CC2)C(=O)c2ccccc2)c1F. The van der Waals surface area contributed by atoms with Crippen molar-refractivity contribution in [1.82, 2.24) is 0 Å². The van der Waals surface area contributed by atoms with Gasteiger partial charge in [0.05, 0.1) is 29.6 Å². The highest BCUT2D eigenvalue weighted by atomic mass is 19.1. The van der Waals surface area contributed by atoms with Crippen LogP contribution in [0.15, 0.2) is 97.1 Å². The number of amides is 2. The van der Waals surface area contributed by atoms with E-state index in [0.717, 1.165) is 25.7 Å². The first-order valence-electron chi connectivity index (χ1n) is 15.3. The van der Waals surface area contributed by atoms with Crippen molar-refractivity contribution < 1.29 is 37.8 Å². The van der Waals surface area contributed by atoms with Gasteiger partial charge in [-0.1, -0.05) is 48.5 Å². The van der Waals surface area contributed by atoms with Crippen LogP contribution in [-0.4, -0.2) is 49.1 Å². The molecule has 0 spiro atoms. The monoisotopic (exact) mass is 640 g/mol. The normalized spacial score (nSPS) is 13.5. The number of methoxy groups -OCH3 is 1. The van der Waals surface area contributed by atoms with Crippen molar-refractivity contribution in [1.29, 1.82) is 0 Å². The topological polar surface area (TPSA) is 104 Å². The summed E-state index contributed by atoms with van der Waals surface area (Å²) in [6, 6.07) is 25.9. The van der Waals surface area contributed by atoms with Crippen LogP contribution in [0.1, 0.15) is 67.1 Å². The molecule has 4 aromatic carbocycles. The highest BCUT2D eigenvalue weighted by Crippen LogP contribution is 2.35. The Morgan fingerprint density at radius 2 is 1.04 bits per heavy atom. The van der Waals surface area contributed by atoms with Crippen LogP contribution in [-0.2, 0) is 4.74 Å². The second kappa shape index (κ2) is 14.8. The fraction of sp³-hybridized carbons (Fsp3) is 0.243. The number of ether oxygens (including phenoxy) is 1. The van der Waals surface area contributed by atoms with Crippen LogP contribution >= 0.6 is 0 Å². The Bertz CT molecular complexity index is 1760. The zero-order valence-electron chi connectivity index (χ0n) is 25.8. The van der Waals surface area contributed by atoms with Crippen molar-refractivity contribution in [3.05, 3.63) is 131 Å². The molecule has 0 radical (unpaired) electrons. The van der Waals surface area contributed by atoms with E-state index >= 15 is 0 Å². The fourth-order valence-electron chi connectivity index (χ4n) is 5.06. The van der Waals surface area contributed by atoms with Crippen molar-refractivity contribution in [3.63, 3.8) is 0 Å². The molecule has 10 heteroatoms. The summed E-state index contributed by atoms with van der Waals surface area (Å²) in [5.74, 6) is -3.58. The van der Waals surface area contributed by atoms with Crippen LogP contribution in [0.2, 0.25) is 0 Å². The number of benzene rings is 4. The number of nitrogens with zero attached hydrogens (tertiary/aromatic N) is 2. The third kappa shape index (κ3) is 8.07. The molecule has 2 fully saturated rings. The van der Waals surface area contributed by atoms with E-state index < -0.39 is 29.1 Å². The number of carboxylic acids is 1. The van der Waals surface area contributed by atoms with Gasteiger partial charge in [0.2, 0.25) is 0 Å². The number of esters is 1. The van der Waals surface area contributed by atoms with E-state index in [-0.39, 0.29) is 28.8 Å². The van der Waals surface area contributed by atoms with Crippen LogP contribution in [0.4, 0.5) is 20.2 Å². The molecular weight excluding hydrogens is 606 g/mol. The molecule has 47 heavy (non-hydrogen) atoms. The van der Waals surface area contributed by atoms with Gasteiger partial charge >= 0.3 is 11.9 Å². The Labute approximate surface area is 271 Å². The Kier molecular flexibility index (Phi) is 10.4. The quantitative estimate of drug-likeness (QED) is 0.183. The molecule has 2 aliphatic rings. The third-order valence-electron chi connectivity index (χ3n) is 7.98. The maximum atomic E-state index is 14.8. The van der Waals surface area contributed by atoms with Gasteiger partial charge in [0.15, 0.2) is 11.6 Å². The molecular formula is C37H34F2N2O6. The number of carbonyl (C=O) groups excluding carboxylic acids is 3. The van der Waals surface area contributed by atoms with Crippen molar-refractivity contribution in [2.24, 2.45) is 11.8 Å². The van der Waals surface area contributed by atoms with Gasteiger partial charge in [-0.3, -0.25) is 9.59 Å². The van der Waals surface area contributed by atoms with Gasteiger partial charge in [0, 0.05) is 24.2 Å². The Morgan fingerprint density at radius 3 is 1.43 bits per heavy atom. The zero-order valence-corrected chi connectivity index (χ0v) is 25.8. The molecule has 0 unspecified atom stereocenters. The average Bonchev–Trinajstić information content (AvgIpc) is 4.04. The minimum Gasteiger partial charge on any atom is -0.478 e. The first kappa shape index (κ1) is 33.0. The summed E-state index contributed by atoms with van der Waals surface area (Å²) in [5, 5.41) is 9.08. The summed E-state index contributed by atoms with van der Waals surface area (Å²) in [7, 11) is 1.20. The lowest BCUT2D eigenvalue weighted by Gasteiger charge is -2.24. The Balaban J connectivity index is 0.000000185. The number of halogens is 2. The standard InChI is InChI=1S/C19H18FNO3.C18H16FNO3/c1-24-19(23)15-8-5-9-16(17(15)20)21(12-13-10-11-13)18(22)14-6-3-2-4-7-14;19-16-14(18(22)23)7-4-8-15(16)20(11-12-9-10-12)17(21)13-5-2-1-3-6-13/h2-9,13H,10-12H2,1H3;1-8,12H,9-11H2,(H,22,23). The maximum Gasteiger partial charge on any atom is 0.340 e. The molecule has 8 nitrogen and oxygen atoms in total. The number of aromatic carboxylic acids is 1. The maximum absolute atomic E-state index is 14.8. The number of carbonyl (C=O) groups is 4. The van der Waals surface area contributed by atoms with Gasteiger partial charge in [-0.2, -0.15) is 0 Å². The van der Waals surface area contributed by atoms with E-state index in [0.29, 0.717) is 36.1 Å². The van der Waals surface area contributed by atoms with Crippen LogP contribution < -0.4 is 9.80 Å². The molecule has 0 atom stereocenters. The molecule has 1 N–H and O–H groups in total. The van der Waals surface area contributed by atoms with Crippen LogP contribution in [0.25, 0.3) is 0 Å². The second-order valence-electron chi connectivity index (χ2n) is 11.5. The lowest BCUT2D eigenvalue weighted by Crippen LogP contribution is -2.34. The van der Waals surface area contributed by atoms with Gasteiger partial charge in [-0.25, -0.2) is 18.4 Å². The molecule has 2 saturated carbocycles. The van der Waals surface area contributed by atoms with Crippen molar-refractivity contribution in [2.75, 3.05) is 30.0 Å². The molecule has 2 amide bonds. The van der Waals surface area contributed by atoms with Crippen molar-refractivity contribution in [2.45, 2.75) is 25.7 Å². The lowest BCUT2D eigenvalue weighted by molar-refractivity contribution is 0.0594. The average molecular weight is 641 g/mol. The molecule has 2 aliphatic carbocycles. The minimum absolute atomic E-state index is 0.0191. The van der Waals surface area contributed by atoms with Crippen molar-refractivity contribution in [3.8, 4) is 0 Å². The molecule has 0 aromatic heterocycles. The van der Waals surface area contributed by atoms with Gasteiger partial charge in [-0.05, 0) is 86.1 Å². The van der Waals surface area contributed by atoms with Crippen LogP contribution in [0.5, 0.6) is 0 Å². The highest BCUT2D eigenvalue weighted by molar-refractivity contribution is 6.07. The predicted molar refractivity (Wildman–Crippen MR) is 173 cm³/mol. The highest BCUT2D eigenvalue weighted by Gasteiger charge is 2.32. The number of hydrogen-bond donors (Lipinski definition) is 1. The van der Waals surface area contributed by atoms with E-state index in [1.54, 1.807) is 60.7 Å². The lowest BCUT2D eigenvalue weighted by atomic mass is 10.1. The predicted octanol–water partition coefficient (Wildman–Crippen LogP) is 7.25. The summed E-state index contributed by atoms with van der Waals surface area (Å²) in [5.41, 5.74) is 0.472. The van der Waals surface area contributed by atoms with Gasteiger partial charge in [0.25, 0.3) is 11.8 Å². The molecule has 0 saturated heterocycles. The summed E-state index contributed by atoms with van der Waals surface area (Å²) < 4.78 is 34.0. The summed E-state index contributed by atoms with van der Waals surface area (Å²) >= 11 is 0. The molecule has 0 bridgehead atoms. The molecule has 242 valence electrons. The van der Waals surface area contributed by atoms with Gasteiger partial charge in [-0.15, -0.1) is 0 Å². The molecule has 0 aliphatic heterocycles. The second-order valence-corrected chi connectivity index (χ2v) is 11.5. The van der Waals surface area contributed by atoms with E-state index in [1.807, 2.05) is 6.07 Å². The van der Waals surface area contributed by atoms with Gasteiger partial charge < -0.3 is 19.6 Å². The summed E-state index contributed by atoms with van der Waals surface area (Å²) in [6.07, 6.45) is 4.05.